The van der Waals surface area contributed by atoms with Crippen LogP contribution in [-0.2, 0) is 5.75 Å². The molecule has 4 rings (SSSR count). The average molecular weight is 410 g/mol. The largest absolute Gasteiger partial charge is 0.355 e. The highest BCUT2D eigenvalue weighted by molar-refractivity contribution is 7.98. The molecule has 28 heavy (non-hydrogen) atoms. The van der Waals surface area contributed by atoms with E-state index >= 15 is 0 Å². The second-order valence-corrected chi connectivity index (χ2v) is 8.10. The quantitative estimate of drug-likeness (QED) is 0.366. The molecule has 0 aliphatic rings. The fraction of sp³-hybridized carbons (Fsp3) is 0.0952. The third kappa shape index (κ3) is 3.90. The number of hydrogen-bond acceptors (Lipinski definition) is 5. The van der Waals surface area contributed by atoms with Crippen molar-refractivity contribution in [1.82, 2.24) is 15.3 Å². The Morgan fingerprint density at radius 2 is 1.96 bits per heavy atom. The van der Waals surface area contributed by atoms with Crippen LogP contribution in [0.1, 0.15) is 15.9 Å². The van der Waals surface area contributed by atoms with Crippen molar-refractivity contribution in [3.63, 3.8) is 0 Å². The van der Waals surface area contributed by atoms with E-state index in [1.807, 2.05) is 24.3 Å². The Labute approximate surface area is 169 Å². The number of aromatic nitrogens is 2. The van der Waals surface area contributed by atoms with Crippen LogP contribution in [0.5, 0.6) is 0 Å². The molecule has 0 fully saturated rings. The van der Waals surface area contributed by atoms with Crippen LogP contribution in [-0.4, -0.2) is 22.9 Å². The molecule has 0 saturated carbocycles. The highest BCUT2D eigenvalue weighted by Gasteiger charge is 2.12. The molecule has 1 N–H and O–H groups in total. The molecule has 0 spiro atoms. The lowest BCUT2D eigenvalue weighted by Crippen LogP contribution is -2.17. The van der Waals surface area contributed by atoms with E-state index in [2.05, 4.69) is 15.3 Å². The van der Waals surface area contributed by atoms with Gasteiger partial charge in [0.2, 0.25) is 0 Å². The fourth-order valence-corrected chi connectivity index (χ4v) is 4.93. The molecule has 4 nitrogen and oxygen atoms in total. The average Bonchev–Trinajstić information content (AvgIpc) is 3.17. The van der Waals surface area contributed by atoms with Crippen molar-refractivity contribution in [2.45, 2.75) is 10.8 Å². The number of carbonyl (C=O) groups excluding carboxylic acids is 1. The number of fused-ring (bicyclic) bond motifs is 1. The molecular formula is C21H16FN3OS2. The SMILES string of the molecule is CNC(=O)c1cccc(CSc2ncnc3cc(-c4ccc(F)cc4)sc23)c1. The Balaban J connectivity index is 1.59. The molecule has 0 atom stereocenters. The van der Waals surface area contributed by atoms with Gasteiger partial charge in [0.25, 0.3) is 5.91 Å². The van der Waals surface area contributed by atoms with Crippen molar-refractivity contribution < 1.29 is 9.18 Å². The predicted octanol–water partition coefficient (Wildman–Crippen LogP) is 5.15. The lowest BCUT2D eigenvalue weighted by atomic mass is 10.1. The zero-order valence-corrected chi connectivity index (χ0v) is 16.6. The second kappa shape index (κ2) is 8.08. The maximum absolute atomic E-state index is 13.2. The van der Waals surface area contributed by atoms with Crippen molar-refractivity contribution in [2.75, 3.05) is 7.05 Å². The molecule has 7 heteroatoms. The van der Waals surface area contributed by atoms with Gasteiger partial charge in [-0.25, -0.2) is 14.4 Å². The molecule has 2 heterocycles. The molecule has 0 aliphatic carbocycles. The van der Waals surface area contributed by atoms with Crippen molar-refractivity contribution in [1.29, 1.82) is 0 Å². The number of carbonyl (C=O) groups is 1. The monoisotopic (exact) mass is 409 g/mol. The summed E-state index contributed by atoms with van der Waals surface area (Å²) in [6.45, 7) is 0. The number of nitrogens with zero attached hydrogens (tertiary/aromatic N) is 2. The van der Waals surface area contributed by atoms with Crippen LogP contribution in [0.15, 0.2) is 66.0 Å². The van der Waals surface area contributed by atoms with E-state index < -0.39 is 0 Å². The molecule has 140 valence electrons. The zero-order chi connectivity index (χ0) is 19.5. The number of nitrogens with one attached hydrogen (secondary N) is 1. The van der Waals surface area contributed by atoms with Gasteiger partial charge in [0.1, 0.15) is 17.2 Å². The van der Waals surface area contributed by atoms with Gasteiger partial charge in [0.05, 0.1) is 10.2 Å². The molecule has 2 aromatic heterocycles. The Hall–Kier alpha value is -2.77. The lowest BCUT2D eigenvalue weighted by molar-refractivity contribution is 0.0963. The van der Waals surface area contributed by atoms with E-state index in [0.29, 0.717) is 11.3 Å². The van der Waals surface area contributed by atoms with Gasteiger partial charge in [-0.15, -0.1) is 23.1 Å². The van der Waals surface area contributed by atoms with Crippen LogP contribution in [0.4, 0.5) is 4.39 Å². The standard InChI is InChI=1S/C21H16FN3OS2/c1-23-20(26)15-4-2-3-13(9-15)11-27-21-19-17(24-12-25-21)10-18(28-19)14-5-7-16(22)8-6-14/h2-10,12H,11H2,1H3,(H,23,26). The highest BCUT2D eigenvalue weighted by atomic mass is 32.2. The van der Waals surface area contributed by atoms with Crippen molar-refractivity contribution in [3.8, 4) is 10.4 Å². The minimum absolute atomic E-state index is 0.0986. The number of rotatable bonds is 5. The van der Waals surface area contributed by atoms with Gasteiger partial charge in [-0.05, 0) is 41.5 Å². The summed E-state index contributed by atoms with van der Waals surface area (Å²) in [5.41, 5.74) is 3.52. The molecular weight excluding hydrogens is 393 g/mol. The third-order valence-corrected chi connectivity index (χ3v) is 6.57. The van der Waals surface area contributed by atoms with Crippen molar-refractivity contribution in [2.24, 2.45) is 0 Å². The minimum Gasteiger partial charge on any atom is -0.355 e. The molecule has 0 saturated heterocycles. The Morgan fingerprint density at radius 1 is 1.14 bits per heavy atom. The van der Waals surface area contributed by atoms with Crippen LogP contribution >= 0.6 is 23.1 Å². The smallest absolute Gasteiger partial charge is 0.251 e. The van der Waals surface area contributed by atoms with E-state index in [-0.39, 0.29) is 11.7 Å². The van der Waals surface area contributed by atoms with Gasteiger partial charge in [0.15, 0.2) is 0 Å². The first-order chi connectivity index (χ1) is 13.6. The van der Waals surface area contributed by atoms with Gasteiger partial charge in [-0.3, -0.25) is 4.79 Å². The first kappa shape index (κ1) is 18.6. The molecule has 0 unspecified atom stereocenters. The molecule has 0 bridgehead atoms. The molecule has 1 amide bonds. The number of benzene rings is 2. The minimum atomic E-state index is -0.250. The number of amides is 1. The second-order valence-electron chi connectivity index (χ2n) is 6.08. The van der Waals surface area contributed by atoms with Gasteiger partial charge in [-0.2, -0.15) is 0 Å². The first-order valence-electron chi connectivity index (χ1n) is 8.58. The molecule has 2 aromatic carbocycles. The van der Waals surface area contributed by atoms with Gasteiger partial charge >= 0.3 is 0 Å². The molecule has 4 aromatic rings. The number of hydrogen-bond donors (Lipinski definition) is 1. The number of halogens is 1. The normalized spacial score (nSPS) is 10.9. The summed E-state index contributed by atoms with van der Waals surface area (Å²) >= 11 is 3.21. The fourth-order valence-electron chi connectivity index (χ4n) is 2.79. The van der Waals surface area contributed by atoms with Gasteiger partial charge in [0, 0.05) is 23.2 Å². The maximum Gasteiger partial charge on any atom is 0.251 e. The van der Waals surface area contributed by atoms with E-state index in [1.165, 1.54) is 12.1 Å². The number of thioether (sulfide) groups is 1. The van der Waals surface area contributed by atoms with Gasteiger partial charge in [-0.1, -0.05) is 24.3 Å². The summed E-state index contributed by atoms with van der Waals surface area (Å²) in [6.07, 6.45) is 1.56. The first-order valence-corrected chi connectivity index (χ1v) is 10.4. The zero-order valence-electron chi connectivity index (χ0n) is 15.0. The molecule has 0 aliphatic heterocycles. The Morgan fingerprint density at radius 3 is 2.75 bits per heavy atom. The van der Waals surface area contributed by atoms with Crippen LogP contribution < -0.4 is 5.32 Å². The summed E-state index contributed by atoms with van der Waals surface area (Å²) in [6, 6.07) is 16.0. The van der Waals surface area contributed by atoms with E-state index in [0.717, 1.165) is 31.2 Å². The number of thiophene rings is 1. The van der Waals surface area contributed by atoms with Gasteiger partial charge < -0.3 is 5.32 Å². The summed E-state index contributed by atoms with van der Waals surface area (Å²) in [5, 5.41) is 3.54. The Bertz CT molecular complexity index is 1140. The highest BCUT2D eigenvalue weighted by Crippen LogP contribution is 2.37. The summed E-state index contributed by atoms with van der Waals surface area (Å²) in [4.78, 5) is 21.6. The van der Waals surface area contributed by atoms with E-state index in [4.69, 9.17) is 0 Å². The third-order valence-electron chi connectivity index (χ3n) is 4.20. The summed E-state index contributed by atoms with van der Waals surface area (Å²) in [7, 11) is 1.62. The molecule has 0 radical (unpaired) electrons. The van der Waals surface area contributed by atoms with E-state index in [1.54, 1.807) is 54.7 Å². The lowest BCUT2D eigenvalue weighted by Gasteiger charge is -2.05. The summed E-state index contributed by atoms with van der Waals surface area (Å²) < 4.78 is 14.2. The Kier molecular flexibility index (Phi) is 5.36. The van der Waals surface area contributed by atoms with Crippen LogP contribution in [0.25, 0.3) is 20.7 Å². The van der Waals surface area contributed by atoms with E-state index in [9.17, 15) is 9.18 Å². The van der Waals surface area contributed by atoms with Crippen LogP contribution in [0, 0.1) is 5.82 Å². The maximum atomic E-state index is 13.2. The predicted molar refractivity (Wildman–Crippen MR) is 112 cm³/mol. The topological polar surface area (TPSA) is 54.9 Å². The van der Waals surface area contributed by atoms with Crippen LogP contribution in [0.2, 0.25) is 0 Å². The summed E-state index contributed by atoms with van der Waals surface area (Å²) in [5.74, 6) is 0.346. The van der Waals surface area contributed by atoms with Crippen molar-refractivity contribution >= 4 is 39.2 Å². The van der Waals surface area contributed by atoms with Crippen LogP contribution in [0.3, 0.4) is 0 Å². The van der Waals surface area contributed by atoms with Crippen molar-refractivity contribution in [3.05, 3.63) is 77.9 Å².